The summed E-state index contributed by atoms with van der Waals surface area (Å²) in [6.45, 7) is 1.92. The van der Waals surface area contributed by atoms with Gasteiger partial charge >= 0.3 is 11.9 Å². The molecule has 1 aromatic heterocycles. The van der Waals surface area contributed by atoms with E-state index in [0.29, 0.717) is 4.88 Å². The SMILES string of the molecule is COC(=O)/C=C(/O/N=C(\N)c1ccc(C)s1)C(=O)OC. The molecule has 20 heavy (non-hydrogen) atoms. The first-order chi connectivity index (χ1) is 9.47. The van der Waals surface area contributed by atoms with Crippen LogP contribution >= 0.6 is 11.3 Å². The molecule has 0 saturated carbocycles. The van der Waals surface area contributed by atoms with Gasteiger partial charge in [0.25, 0.3) is 0 Å². The Morgan fingerprint density at radius 2 is 2.00 bits per heavy atom. The number of carbonyl (C=O) groups is 2. The van der Waals surface area contributed by atoms with Crippen molar-refractivity contribution >= 4 is 29.1 Å². The Labute approximate surface area is 119 Å². The standard InChI is InChI=1S/C12H14N2O5S/c1-7-4-5-9(20-7)11(13)14-19-8(12(16)18-3)6-10(15)17-2/h4-6H,1-3H3,(H2,13,14)/b8-6+. The number of thiophene rings is 1. The first-order valence-electron chi connectivity index (χ1n) is 5.43. The molecule has 0 saturated heterocycles. The van der Waals surface area contributed by atoms with E-state index in [4.69, 9.17) is 10.6 Å². The summed E-state index contributed by atoms with van der Waals surface area (Å²) in [5, 5.41) is 3.59. The van der Waals surface area contributed by atoms with Crippen LogP contribution in [0.1, 0.15) is 9.75 Å². The largest absolute Gasteiger partial charge is 0.466 e. The molecule has 0 aliphatic rings. The fraction of sp³-hybridized carbons (Fsp3) is 0.250. The first-order valence-corrected chi connectivity index (χ1v) is 6.24. The molecule has 0 spiro atoms. The topological polar surface area (TPSA) is 100 Å². The highest BCUT2D eigenvalue weighted by Crippen LogP contribution is 2.15. The molecule has 0 aliphatic carbocycles. The Hall–Kier alpha value is -2.35. The number of rotatable bonds is 5. The number of ether oxygens (including phenoxy) is 2. The zero-order valence-electron chi connectivity index (χ0n) is 11.2. The summed E-state index contributed by atoms with van der Waals surface area (Å²) in [5.74, 6) is -1.97. The number of nitrogens with zero attached hydrogens (tertiary/aromatic N) is 1. The second-order valence-electron chi connectivity index (χ2n) is 3.50. The molecule has 0 unspecified atom stereocenters. The van der Waals surface area contributed by atoms with E-state index in [0.717, 1.165) is 18.1 Å². The average molecular weight is 298 g/mol. The third-order valence-corrected chi connectivity index (χ3v) is 3.10. The maximum Gasteiger partial charge on any atom is 0.377 e. The Morgan fingerprint density at radius 3 is 2.50 bits per heavy atom. The van der Waals surface area contributed by atoms with E-state index in [1.54, 1.807) is 6.07 Å². The van der Waals surface area contributed by atoms with Crippen LogP contribution in [0.2, 0.25) is 0 Å². The second-order valence-corrected chi connectivity index (χ2v) is 4.79. The number of methoxy groups -OCH3 is 2. The summed E-state index contributed by atoms with van der Waals surface area (Å²) in [5.41, 5.74) is 5.70. The van der Waals surface area contributed by atoms with Gasteiger partial charge in [-0.05, 0) is 19.1 Å². The molecular weight excluding hydrogens is 284 g/mol. The van der Waals surface area contributed by atoms with Gasteiger partial charge in [0, 0.05) is 4.88 Å². The molecule has 1 rings (SSSR count). The minimum Gasteiger partial charge on any atom is -0.466 e. The lowest BCUT2D eigenvalue weighted by molar-refractivity contribution is -0.142. The molecule has 0 aliphatic heterocycles. The summed E-state index contributed by atoms with van der Waals surface area (Å²) in [7, 11) is 2.31. The number of carbonyl (C=O) groups excluding carboxylic acids is 2. The monoisotopic (exact) mass is 298 g/mol. The van der Waals surface area contributed by atoms with E-state index in [1.807, 2.05) is 13.0 Å². The number of hydrogen-bond donors (Lipinski definition) is 1. The van der Waals surface area contributed by atoms with Crippen LogP contribution in [-0.2, 0) is 23.9 Å². The minimum atomic E-state index is -0.866. The number of oxime groups is 1. The average Bonchev–Trinajstić information content (AvgIpc) is 2.88. The van der Waals surface area contributed by atoms with Crippen LogP contribution in [-0.4, -0.2) is 32.0 Å². The predicted octanol–water partition coefficient (Wildman–Crippen LogP) is 0.923. The van der Waals surface area contributed by atoms with Crippen LogP contribution in [0.25, 0.3) is 0 Å². The zero-order chi connectivity index (χ0) is 15.1. The maximum absolute atomic E-state index is 11.4. The molecule has 0 amide bonds. The Kier molecular flexibility index (Phi) is 5.73. The van der Waals surface area contributed by atoms with Crippen LogP contribution < -0.4 is 5.73 Å². The summed E-state index contributed by atoms with van der Waals surface area (Å²) >= 11 is 1.42. The predicted molar refractivity (Wildman–Crippen MR) is 73.0 cm³/mol. The highest BCUT2D eigenvalue weighted by atomic mass is 32.1. The minimum absolute atomic E-state index is 0.0859. The van der Waals surface area contributed by atoms with E-state index < -0.39 is 17.7 Å². The van der Waals surface area contributed by atoms with Gasteiger partial charge in [0.05, 0.1) is 25.2 Å². The van der Waals surface area contributed by atoms with Crippen molar-refractivity contribution in [2.45, 2.75) is 6.92 Å². The van der Waals surface area contributed by atoms with Crippen LogP contribution in [0.4, 0.5) is 0 Å². The third kappa shape index (κ3) is 4.39. The number of aryl methyl sites for hydroxylation is 1. The molecule has 8 heteroatoms. The third-order valence-electron chi connectivity index (χ3n) is 2.07. The van der Waals surface area contributed by atoms with Crippen molar-refractivity contribution in [3.8, 4) is 0 Å². The number of hydrogen-bond acceptors (Lipinski definition) is 7. The van der Waals surface area contributed by atoms with Gasteiger partial charge in [-0.1, -0.05) is 5.16 Å². The van der Waals surface area contributed by atoms with E-state index in [9.17, 15) is 9.59 Å². The lowest BCUT2D eigenvalue weighted by Crippen LogP contribution is -2.14. The lowest BCUT2D eigenvalue weighted by atomic mass is 10.4. The number of esters is 2. The first kappa shape index (κ1) is 15.7. The summed E-state index contributed by atoms with van der Waals surface area (Å²) in [4.78, 5) is 29.1. The zero-order valence-corrected chi connectivity index (χ0v) is 12.0. The van der Waals surface area contributed by atoms with Gasteiger partial charge in [0.15, 0.2) is 5.84 Å². The van der Waals surface area contributed by atoms with Gasteiger partial charge in [-0.3, -0.25) is 0 Å². The van der Waals surface area contributed by atoms with Crippen LogP contribution in [0, 0.1) is 6.92 Å². The lowest BCUT2D eigenvalue weighted by Gasteiger charge is -2.03. The highest BCUT2D eigenvalue weighted by molar-refractivity contribution is 7.14. The molecule has 2 N–H and O–H groups in total. The number of amidine groups is 1. The molecule has 0 aromatic carbocycles. The van der Waals surface area contributed by atoms with Gasteiger partial charge in [-0.25, -0.2) is 9.59 Å². The van der Waals surface area contributed by atoms with Crippen molar-refractivity contribution in [3.05, 3.63) is 33.7 Å². The summed E-state index contributed by atoms with van der Waals surface area (Å²) in [6.07, 6.45) is 0.822. The Balaban J connectivity index is 2.88. The fourth-order valence-corrected chi connectivity index (χ4v) is 1.87. The smallest absolute Gasteiger partial charge is 0.377 e. The van der Waals surface area contributed by atoms with E-state index >= 15 is 0 Å². The number of nitrogens with two attached hydrogens (primary N) is 1. The van der Waals surface area contributed by atoms with Crippen molar-refractivity contribution in [2.75, 3.05) is 14.2 Å². The molecule has 108 valence electrons. The van der Waals surface area contributed by atoms with Crippen LogP contribution in [0.15, 0.2) is 29.1 Å². The molecule has 0 bridgehead atoms. The van der Waals surface area contributed by atoms with Crippen molar-refractivity contribution in [3.63, 3.8) is 0 Å². The molecule has 1 aromatic rings. The van der Waals surface area contributed by atoms with Crippen molar-refractivity contribution in [1.29, 1.82) is 0 Å². The van der Waals surface area contributed by atoms with Crippen molar-refractivity contribution in [2.24, 2.45) is 10.9 Å². The van der Waals surface area contributed by atoms with Crippen molar-refractivity contribution < 1.29 is 23.9 Å². The highest BCUT2D eigenvalue weighted by Gasteiger charge is 2.15. The van der Waals surface area contributed by atoms with Crippen LogP contribution in [0.5, 0.6) is 0 Å². The second kappa shape index (κ2) is 7.29. The van der Waals surface area contributed by atoms with E-state index in [1.165, 1.54) is 18.4 Å². The molecule has 0 radical (unpaired) electrons. The van der Waals surface area contributed by atoms with Crippen molar-refractivity contribution in [1.82, 2.24) is 0 Å². The quantitative estimate of drug-likeness (QED) is 0.217. The van der Waals surface area contributed by atoms with Gasteiger partial charge in [-0.2, -0.15) is 0 Å². The summed E-state index contributed by atoms with van der Waals surface area (Å²) in [6, 6.07) is 3.64. The molecule has 1 heterocycles. The molecular formula is C12H14N2O5S. The Morgan fingerprint density at radius 1 is 1.30 bits per heavy atom. The van der Waals surface area contributed by atoms with Gasteiger partial charge in [-0.15, -0.1) is 11.3 Å². The molecule has 0 atom stereocenters. The van der Waals surface area contributed by atoms with Gasteiger partial charge in [0.2, 0.25) is 5.76 Å². The maximum atomic E-state index is 11.4. The molecule has 0 fully saturated rings. The molecule has 7 nitrogen and oxygen atoms in total. The van der Waals surface area contributed by atoms with Gasteiger partial charge < -0.3 is 20.0 Å². The summed E-state index contributed by atoms with van der Waals surface area (Å²) < 4.78 is 8.84. The van der Waals surface area contributed by atoms with Gasteiger partial charge in [0.1, 0.15) is 0 Å². The van der Waals surface area contributed by atoms with E-state index in [-0.39, 0.29) is 5.84 Å². The van der Waals surface area contributed by atoms with E-state index in [2.05, 4.69) is 14.6 Å². The fourth-order valence-electron chi connectivity index (χ4n) is 1.10. The van der Waals surface area contributed by atoms with Crippen LogP contribution in [0.3, 0.4) is 0 Å². The normalized spacial score (nSPS) is 11.9. The Bertz CT molecular complexity index is 562.